The van der Waals surface area contributed by atoms with Crippen LogP contribution in [-0.4, -0.2) is 80.2 Å². The minimum Gasteiger partial charge on any atom is -0.465 e. The van der Waals surface area contributed by atoms with Crippen molar-refractivity contribution in [2.75, 3.05) is 31.3 Å². The van der Waals surface area contributed by atoms with Gasteiger partial charge in [-0.25, -0.2) is 9.55 Å². The Balaban J connectivity index is 1.66. The Morgan fingerprint density at radius 1 is 1.33 bits per heavy atom. The Hall–Kier alpha value is -3.21. The van der Waals surface area contributed by atoms with E-state index in [1.807, 2.05) is 0 Å². The van der Waals surface area contributed by atoms with E-state index in [4.69, 9.17) is 35.9 Å². The SMILES string of the molecule is CCOC(=O)[C@H](C)N[P@@](=O)(OC[C@H]1O[C@@H](n2cnc3c(NC)nc(N)nc32)[C@@](Cl)(C(F)(F)F)[C@@H]1O)Oc1ccccc1. The fourth-order valence-corrected chi connectivity index (χ4v) is 5.98. The first-order valence-electron chi connectivity index (χ1n) is 12.4. The number of nitrogens with one attached hydrogen (secondary N) is 2. The van der Waals surface area contributed by atoms with E-state index in [-0.39, 0.29) is 35.3 Å². The lowest BCUT2D eigenvalue weighted by molar-refractivity contribution is -0.195. The van der Waals surface area contributed by atoms with E-state index in [0.29, 0.717) is 0 Å². The first kappa shape index (κ1) is 31.7. The molecule has 4 rings (SSSR count). The van der Waals surface area contributed by atoms with Crippen LogP contribution in [0.5, 0.6) is 5.75 Å². The first-order valence-corrected chi connectivity index (χ1v) is 14.4. The summed E-state index contributed by atoms with van der Waals surface area (Å²) in [6, 6.07) is 6.46. The second-order valence-electron chi connectivity index (χ2n) is 9.04. The summed E-state index contributed by atoms with van der Waals surface area (Å²) < 4.78 is 79.4. The molecular formula is C23H28ClF3N7O7P. The van der Waals surface area contributed by atoms with E-state index in [0.717, 1.165) is 10.9 Å². The average Bonchev–Trinajstić information content (AvgIpc) is 3.46. The molecule has 0 bridgehead atoms. The molecule has 0 aliphatic carbocycles. The summed E-state index contributed by atoms with van der Waals surface area (Å²) >= 11 is 6.13. The maximum absolute atomic E-state index is 14.5. The third-order valence-corrected chi connectivity index (χ3v) is 8.45. The zero-order chi connectivity index (χ0) is 30.9. The number of aliphatic hydroxyl groups is 1. The summed E-state index contributed by atoms with van der Waals surface area (Å²) in [5, 5.41) is 16.0. The molecule has 6 atom stereocenters. The monoisotopic (exact) mass is 637 g/mol. The molecule has 3 heterocycles. The Morgan fingerprint density at radius 2 is 2.02 bits per heavy atom. The number of ether oxygens (including phenoxy) is 2. The number of nitrogens with two attached hydrogens (primary N) is 1. The highest BCUT2D eigenvalue weighted by atomic mass is 35.5. The molecule has 1 aromatic carbocycles. The van der Waals surface area contributed by atoms with E-state index in [9.17, 15) is 27.6 Å². The number of imidazole rings is 1. The van der Waals surface area contributed by atoms with Gasteiger partial charge in [-0.15, -0.1) is 11.6 Å². The molecule has 1 aliphatic rings. The van der Waals surface area contributed by atoms with Gasteiger partial charge < -0.3 is 30.2 Å². The highest BCUT2D eigenvalue weighted by Crippen LogP contribution is 2.55. The summed E-state index contributed by atoms with van der Waals surface area (Å²) in [5.41, 5.74) is 5.62. The zero-order valence-corrected chi connectivity index (χ0v) is 24.1. The number of benzene rings is 1. The molecule has 19 heteroatoms. The van der Waals surface area contributed by atoms with Gasteiger partial charge in [-0.1, -0.05) is 18.2 Å². The highest BCUT2D eigenvalue weighted by Gasteiger charge is 2.71. The maximum atomic E-state index is 14.5. The van der Waals surface area contributed by atoms with Crippen molar-refractivity contribution in [1.29, 1.82) is 0 Å². The normalized spacial score (nSPS) is 24.7. The molecule has 5 N–H and O–H groups in total. The number of rotatable bonds is 11. The van der Waals surface area contributed by atoms with Crippen molar-refractivity contribution < 1.29 is 46.2 Å². The van der Waals surface area contributed by atoms with Gasteiger partial charge in [0.05, 0.1) is 19.5 Å². The minimum atomic E-state index is -5.24. The number of aliphatic hydroxyl groups excluding tert-OH is 1. The van der Waals surface area contributed by atoms with Crippen LogP contribution in [0.1, 0.15) is 20.1 Å². The van der Waals surface area contributed by atoms with Crippen LogP contribution in [0.4, 0.5) is 24.9 Å². The third-order valence-electron chi connectivity index (χ3n) is 6.18. The van der Waals surface area contributed by atoms with Crippen molar-refractivity contribution in [2.45, 2.75) is 49.4 Å². The second kappa shape index (κ2) is 12.2. The predicted octanol–water partition coefficient (Wildman–Crippen LogP) is 2.99. The first-order chi connectivity index (χ1) is 19.7. The fraction of sp³-hybridized carbons (Fsp3) is 0.478. The lowest BCUT2D eigenvalue weighted by Crippen LogP contribution is -2.53. The number of carbonyl (C=O) groups excluding carboxylic acids is 1. The molecule has 1 fully saturated rings. The summed E-state index contributed by atoms with van der Waals surface area (Å²) in [6.07, 6.45) is -10.6. The van der Waals surface area contributed by atoms with Crippen molar-refractivity contribution >= 4 is 48.2 Å². The lowest BCUT2D eigenvalue weighted by atomic mass is 9.98. The van der Waals surface area contributed by atoms with E-state index >= 15 is 0 Å². The van der Waals surface area contributed by atoms with Gasteiger partial charge in [-0.3, -0.25) is 13.9 Å². The number of esters is 1. The number of hydrogen-bond acceptors (Lipinski definition) is 12. The largest absolute Gasteiger partial charge is 0.465 e. The number of para-hydroxylation sites is 1. The van der Waals surface area contributed by atoms with Crippen LogP contribution < -0.4 is 20.7 Å². The predicted molar refractivity (Wildman–Crippen MR) is 144 cm³/mol. The number of anilines is 2. The summed E-state index contributed by atoms with van der Waals surface area (Å²) in [5.74, 6) is -0.886. The van der Waals surface area contributed by atoms with E-state index in [1.165, 1.54) is 26.1 Å². The van der Waals surface area contributed by atoms with Crippen LogP contribution in [-0.2, 0) is 23.4 Å². The van der Waals surface area contributed by atoms with Gasteiger partial charge in [0.1, 0.15) is 24.0 Å². The molecule has 42 heavy (non-hydrogen) atoms. The Morgan fingerprint density at radius 3 is 2.64 bits per heavy atom. The molecule has 0 saturated carbocycles. The van der Waals surface area contributed by atoms with Crippen LogP contribution in [0.2, 0.25) is 0 Å². The Labute approximate surface area is 242 Å². The lowest BCUT2D eigenvalue weighted by Gasteiger charge is -2.32. The molecule has 2 aromatic heterocycles. The van der Waals surface area contributed by atoms with Crippen LogP contribution in [0, 0.1) is 0 Å². The van der Waals surface area contributed by atoms with Crippen molar-refractivity contribution in [1.82, 2.24) is 24.6 Å². The topological polar surface area (TPSA) is 185 Å². The molecule has 0 unspecified atom stereocenters. The summed E-state index contributed by atoms with van der Waals surface area (Å²) in [7, 11) is -3.01. The maximum Gasteiger partial charge on any atom is 0.459 e. The smallest absolute Gasteiger partial charge is 0.459 e. The van der Waals surface area contributed by atoms with Crippen LogP contribution in [0.3, 0.4) is 0 Å². The molecule has 230 valence electrons. The van der Waals surface area contributed by atoms with Crippen molar-refractivity contribution in [3.05, 3.63) is 36.7 Å². The van der Waals surface area contributed by atoms with Gasteiger partial charge in [-0.2, -0.15) is 28.2 Å². The molecule has 1 saturated heterocycles. The number of nitrogens with zero attached hydrogens (tertiary/aromatic N) is 4. The second-order valence-corrected chi connectivity index (χ2v) is 11.4. The quantitative estimate of drug-likeness (QED) is 0.137. The van der Waals surface area contributed by atoms with Gasteiger partial charge in [0.15, 0.2) is 23.2 Å². The highest BCUT2D eigenvalue weighted by molar-refractivity contribution is 7.52. The number of hydrogen-bond donors (Lipinski definition) is 4. The van der Waals surface area contributed by atoms with Crippen molar-refractivity contribution in [3.63, 3.8) is 0 Å². The van der Waals surface area contributed by atoms with Crippen molar-refractivity contribution in [3.8, 4) is 5.75 Å². The molecule has 1 aliphatic heterocycles. The Bertz CT molecular complexity index is 1470. The van der Waals surface area contributed by atoms with E-state index in [1.54, 1.807) is 25.1 Å². The van der Waals surface area contributed by atoms with Gasteiger partial charge in [-0.05, 0) is 26.0 Å². The van der Waals surface area contributed by atoms with Gasteiger partial charge in [0.25, 0.3) is 0 Å². The van der Waals surface area contributed by atoms with Crippen molar-refractivity contribution in [2.24, 2.45) is 0 Å². The number of halogens is 4. The van der Waals surface area contributed by atoms with Gasteiger partial charge >= 0.3 is 19.9 Å². The van der Waals surface area contributed by atoms with Gasteiger partial charge in [0.2, 0.25) is 10.8 Å². The molecule has 0 amide bonds. The Kier molecular flexibility index (Phi) is 9.20. The number of aromatic nitrogens is 4. The number of alkyl halides is 4. The third kappa shape index (κ3) is 6.11. The minimum absolute atomic E-state index is 0.0314. The standard InChI is InChI=1S/C23H28ClF3N7O7P/c1-4-38-19(36)12(2)33-42(37,41-13-8-6-5-7-9-13)39-10-14-16(35)22(24,23(25,26)27)20(40-14)34-11-30-15-17(29-3)31-21(28)32-18(15)34/h5-9,11-12,14,16,20,35H,4,10H2,1-3H3,(H,33,37)(H3,28,29,31,32)/t12-,14+,16+,20+,22+,42+/m0/s1. The zero-order valence-electron chi connectivity index (χ0n) is 22.4. The molecular weight excluding hydrogens is 610 g/mol. The summed E-state index contributed by atoms with van der Waals surface area (Å²) in [6.45, 7) is 2.01. The van der Waals surface area contributed by atoms with Crippen LogP contribution in [0.15, 0.2) is 36.7 Å². The van der Waals surface area contributed by atoms with Gasteiger partial charge in [0, 0.05) is 7.05 Å². The number of nitrogen functional groups attached to an aromatic ring is 1. The molecule has 14 nitrogen and oxygen atoms in total. The van der Waals surface area contributed by atoms with E-state index in [2.05, 4.69) is 25.4 Å². The van der Waals surface area contributed by atoms with E-state index < -0.39 is 55.9 Å². The number of fused-ring (bicyclic) bond motifs is 1. The number of carbonyl (C=O) groups is 1. The molecule has 0 spiro atoms. The molecule has 3 aromatic rings. The average molecular weight is 638 g/mol. The molecule has 0 radical (unpaired) electrons. The summed E-state index contributed by atoms with van der Waals surface area (Å²) in [4.78, 5) is 20.7. The fourth-order valence-electron chi connectivity index (χ4n) is 4.18. The van der Waals surface area contributed by atoms with Crippen LogP contribution >= 0.6 is 19.3 Å². The van der Waals surface area contributed by atoms with Crippen LogP contribution in [0.25, 0.3) is 11.2 Å².